The number of carbonyl (C=O) groups excluding carboxylic acids is 1. The fourth-order valence-corrected chi connectivity index (χ4v) is 2.39. The number of ether oxygens (including phenoxy) is 1. The Morgan fingerprint density at radius 1 is 1.47 bits per heavy atom. The lowest BCUT2D eigenvalue weighted by molar-refractivity contribution is -0.145. The molecule has 0 bridgehead atoms. The highest BCUT2D eigenvalue weighted by atomic mass is 16.5. The molecule has 0 amide bonds. The van der Waals surface area contributed by atoms with Crippen molar-refractivity contribution in [1.29, 1.82) is 0 Å². The fourth-order valence-electron chi connectivity index (χ4n) is 2.39. The number of aliphatic hydroxyl groups excluding tert-OH is 1. The summed E-state index contributed by atoms with van der Waals surface area (Å²) in [5, 5.41) is 12.8. The van der Waals surface area contributed by atoms with Crippen LogP contribution in [0, 0.1) is 5.92 Å². The van der Waals surface area contributed by atoms with Gasteiger partial charge in [0.25, 0.3) is 0 Å². The largest absolute Gasteiger partial charge is 0.465 e. The Kier molecular flexibility index (Phi) is 6.52. The zero-order chi connectivity index (χ0) is 12.7. The molecular formula is C13H25NO3. The van der Waals surface area contributed by atoms with E-state index in [0.29, 0.717) is 12.5 Å². The Labute approximate surface area is 104 Å². The lowest BCUT2D eigenvalue weighted by atomic mass is 9.87. The first kappa shape index (κ1) is 14.5. The van der Waals surface area contributed by atoms with E-state index in [4.69, 9.17) is 4.74 Å². The van der Waals surface area contributed by atoms with Crippen molar-refractivity contribution in [2.75, 3.05) is 13.2 Å². The molecule has 0 aromatic carbocycles. The highest BCUT2D eigenvalue weighted by Crippen LogP contribution is 2.23. The van der Waals surface area contributed by atoms with Crippen LogP contribution in [0.1, 0.15) is 46.0 Å². The van der Waals surface area contributed by atoms with Crippen LogP contribution in [0.5, 0.6) is 0 Å². The zero-order valence-corrected chi connectivity index (χ0v) is 10.9. The Balaban J connectivity index is 2.29. The van der Waals surface area contributed by atoms with Gasteiger partial charge in [0.05, 0.1) is 12.7 Å². The summed E-state index contributed by atoms with van der Waals surface area (Å²) in [6.45, 7) is 5.03. The maximum absolute atomic E-state index is 11.6. The molecule has 1 aliphatic rings. The molecule has 0 aromatic rings. The molecule has 1 aliphatic carbocycles. The number of aliphatic hydroxyl groups is 1. The van der Waals surface area contributed by atoms with Gasteiger partial charge in [-0.15, -0.1) is 0 Å². The number of hydrogen-bond donors (Lipinski definition) is 2. The second-order valence-corrected chi connectivity index (χ2v) is 4.81. The predicted octanol–water partition coefficient (Wildman–Crippen LogP) is 1.47. The predicted molar refractivity (Wildman–Crippen MR) is 66.7 cm³/mol. The van der Waals surface area contributed by atoms with E-state index < -0.39 is 0 Å². The van der Waals surface area contributed by atoms with Gasteiger partial charge in [0, 0.05) is 0 Å². The van der Waals surface area contributed by atoms with Crippen LogP contribution >= 0.6 is 0 Å². The smallest absolute Gasteiger partial charge is 0.323 e. The van der Waals surface area contributed by atoms with Crippen molar-refractivity contribution in [3.05, 3.63) is 0 Å². The first-order valence-corrected chi connectivity index (χ1v) is 6.75. The normalized spacial score (nSPS) is 26.5. The molecule has 0 radical (unpaired) electrons. The maximum Gasteiger partial charge on any atom is 0.323 e. The van der Waals surface area contributed by atoms with Gasteiger partial charge in [-0.3, -0.25) is 4.79 Å². The first-order valence-electron chi connectivity index (χ1n) is 6.75. The lowest BCUT2D eigenvalue weighted by Crippen LogP contribution is -2.41. The molecule has 2 N–H and O–H groups in total. The molecule has 3 unspecified atom stereocenters. The quantitative estimate of drug-likeness (QED) is 0.694. The third kappa shape index (κ3) is 5.04. The van der Waals surface area contributed by atoms with Crippen LogP contribution in [0.2, 0.25) is 0 Å². The second-order valence-electron chi connectivity index (χ2n) is 4.81. The molecule has 17 heavy (non-hydrogen) atoms. The average molecular weight is 243 g/mol. The van der Waals surface area contributed by atoms with Gasteiger partial charge in [-0.2, -0.15) is 0 Å². The van der Waals surface area contributed by atoms with Crippen LogP contribution in [0.25, 0.3) is 0 Å². The van der Waals surface area contributed by atoms with Crippen molar-refractivity contribution in [3.63, 3.8) is 0 Å². The van der Waals surface area contributed by atoms with E-state index in [1.54, 1.807) is 0 Å². The SMILES string of the molecule is CCOC(=O)C(CC)NCC1CCCC(O)C1. The van der Waals surface area contributed by atoms with Gasteiger partial charge >= 0.3 is 5.97 Å². The number of esters is 1. The van der Waals surface area contributed by atoms with E-state index in [2.05, 4.69) is 5.32 Å². The molecule has 1 saturated carbocycles. The van der Waals surface area contributed by atoms with E-state index in [0.717, 1.165) is 38.6 Å². The Morgan fingerprint density at radius 2 is 2.24 bits per heavy atom. The van der Waals surface area contributed by atoms with Gasteiger partial charge in [-0.25, -0.2) is 0 Å². The molecule has 1 fully saturated rings. The summed E-state index contributed by atoms with van der Waals surface area (Å²) in [6, 6.07) is -0.200. The first-order chi connectivity index (χ1) is 8.17. The molecule has 0 aliphatic heterocycles. The second kappa shape index (κ2) is 7.67. The van der Waals surface area contributed by atoms with Crippen molar-refractivity contribution >= 4 is 5.97 Å². The van der Waals surface area contributed by atoms with Gasteiger partial charge in [0.15, 0.2) is 0 Å². The van der Waals surface area contributed by atoms with Crippen molar-refractivity contribution < 1.29 is 14.6 Å². The summed E-state index contributed by atoms with van der Waals surface area (Å²) in [4.78, 5) is 11.6. The summed E-state index contributed by atoms with van der Waals surface area (Å²) in [5.41, 5.74) is 0. The molecule has 0 spiro atoms. The standard InChI is InChI=1S/C13H25NO3/c1-3-12(13(16)17-4-2)14-9-10-6-5-7-11(15)8-10/h10-12,14-15H,3-9H2,1-2H3. The Morgan fingerprint density at radius 3 is 2.82 bits per heavy atom. The van der Waals surface area contributed by atoms with Crippen LogP contribution < -0.4 is 5.32 Å². The minimum absolute atomic E-state index is 0.154. The molecule has 0 saturated heterocycles. The molecule has 4 nitrogen and oxygen atoms in total. The monoisotopic (exact) mass is 243 g/mol. The molecular weight excluding hydrogens is 218 g/mol. The van der Waals surface area contributed by atoms with Gasteiger partial charge in [0.1, 0.15) is 6.04 Å². The summed E-state index contributed by atoms with van der Waals surface area (Å²) >= 11 is 0. The van der Waals surface area contributed by atoms with Gasteiger partial charge in [-0.05, 0) is 45.1 Å². The number of nitrogens with one attached hydrogen (secondary N) is 1. The van der Waals surface area contributed by atoms with Crippen LogP contribution in [0.3, 0.4) is 0 Å². The molecule has 100 valence electrons. The van der Waals surface area contributed by atoms with Gasteiger partial charge in [0.2, 0.25) is 0 Å². The van der Waals surface area contributed by atoms with Crippen molar-refractivity contribution in [2.24, 2.45) is 5.92 Å². The average Bonchev–Trinajstić information content (AvgIpc) is 2.30. The summed E-state index contributed by atoms with van der Waals surface area (Å²) in [5.74, 6) is 0.327. The van der Waals surface area contributed by atoms with E-state index in [-0.39, 0.29) is 18.1 Å². The summed E-state index contributed by atoms with van der Waals surface area (Å²) < 4.78 is 5.01. The fraction of sp³-hybridized carbons (Fsp3) is 0.923. The van der Waals surface area contributed by atoms with Crippen LogP contribution in [-0.4, -0.2) is 36.4 Å². The third-order valence-electron chi connectivity index (χ3n) is 3.39. The number of hydrogen-bond acceptors (Lipinski definition) is 4. The van der Waals surface area contributed by atoms with Crippen molar-refractivity contribution in [3.8, 4) is 0 Å². The minimum atomic E-state index is -0.200. The summed E-state index contributed by atoms with van der Waals surface area (Å²) in [7, 11) is 0. The highest BCUT2D eigenvalue weighted by Gasteiger charge is 2.23. The van der Waals surface area contributed by atoms with E-state index in [1.807, 2.05) is 13.8 Å². The zero-order valence-electron chi connectivity index (χ0n) is 10.9. The van der Waals surface area contributed by atoms with Crippen molar-refractivity contribution in [2.45, 2.75) is 58.1 Å². The van der Waals surface area contributed by atoms with E-state index in [9.17, 15) is 9.90 Å². The Bertz CT molecular complexity index is 233. The number of carbonyl (C=O) groups is 1. The third-order valence-corrected chi connectivity index (χ3v) is 3.39. The van der Waals surface area contributed by atoms with Crippen LogP contribution in [0.15, 0.2) is 0 Å². The Hall–Kier alpha value is -0.610. The summed E-state index contributed by atoms with van der Waals surface area (Å²) in [6.07, 6.45) is 4.59. The van der Waals surface area contributed by atoms with Gasteiger partial charge < -0.3 is 15.2 Å². The van der Waals surface area contributed by atoms with Crippen molar-refractivity contribution in [1.82, 2.24) is 5.32 Å². The molecule has 4 heteroatoms. The van der Waals surface area contributed by atoms with E-state index >= 15 is 0 Å². The van der Waals surface area contributed by atoms with Crippen LogP contribution in [-0.2, 0) is 9.53 Å². The maximum atomic E-state index is 11.6. The lowest BCUT2D eigenvalue weighted by Gasteiger charge is -2.27. The minimum Gasteiger partial charge on any atom is -0.465 e. The highest BCUT2D eigenvalue weighted by molar-refractivity contribution is 5.75. The number of rotatable bonds is 6. The van der Waals surface area contributed by atoms with Crippen LogP contribution in [0.4, 0.5) is 0 Å². The molecule has 0 heterocycles. The van der Waals surface area contributed by atoms with Gasteiger partial charge in [-0.1, -0.05) is 13.3 Å². The molecule has 0 aromatic heterocycles. The molecule has 1 rings (SSSR count). The topological polar surface area (TPSA) is 58.6 Å². The molecule has 3 atom stereocenters. The van der Waals surface area contributed by atoms with E-state index in [1.165, 1.54) is 0 Å².